The average molecular weight is 512 g/mol. The summed E-state index contributed by atoms with van der Waals surface area (Å²) in [5.74, 6) is 1.55. The molecule has 2 heterocycles. The van der Waals surface area contributed by atoms with E-state index in [1.54, 1.807) is 6.20 Å². The molecule has 0 spiro atoms. The van der Waals surface area contributed by atoms with Crippen molar-refractivity contribution in [3.05, 3.63) is 42.4 Å². The maximum Gasteiger partial charge on any atom is 0.213 e. The fourth-order valence-corrected chi connectivity index (χ4v) is 3.32. The molecule has 0 bridgehead atoms. The van der Waals surface area contributed by atoms with Crippen molar-refractivity contribution >= 4 is 29.9 Å². The Labute approximate surface area is 190 Å². The topological polar surface area (TPSA) is 76.4 Å². The lowest BCUT2D eigenvalue weighted by atomic mass is 9.98. The summed E-state index contributed by atoms with van der Waals surface area (Å²) in [6.45, 7) is 5.23. The van der Waals surface area contributed by atoms with Gasteiger partial charge in [-0.05, 0) is 50.7 Å². The number of aromatic nitrogens is 3. The minimum atomic E-state index is 0. The predicted octanol–water partition coefficient (Wildman–Crippen LogP) is 3.75. The highest BCUT2D eigenvalue weighted by Gasteiger charge is 2.15. The average Bonchev–Trinajstić information content (AvgIpc) is 3.25. The zero-order valence-corrected chi connectivity index (χ0v) is 19.5. The van der Waals surface area contributed by atoms with E-state index in [0.29, 0.717) is 12.6 Å². The van der Waals surface area contributed by atoms with Crippen LogP contribution in [0.2, 0.25) is 0 Å². The number of nitrogens with one attached hydrogen (secondary N) is 2. The highest BCUT2D eigenvalue weighted by molar-refractivity contribution is 14.0. The van der Waals surface area contributed by atoms with Crippen molar-refractivity contribution in [2.75, 3.05) is 13.1 Å². The first-order chi connectivity index (χ1) is 13.8. The monoisotopic (exact) mass is 512 g/mol. The van der Waals surface area contributed by atoms with E-state index in [2.05, 4.69) is 38.7 Å². The highest BCUT2D eigenvalue weighted by atomic mass is 127. The maximum absolute atomic E-state index is 5.99. The number of halogens is 1. The largest absolute Gasteiger partial charge is 0.474 e. The van der Waals surface area contributed by atoms with Gasteiger partial charge in [-0.25, -0.2) is 9.98 Å². The number of hydrogen-bond acceptors (Lipinski definition) is 4. The minimum absolute atomic E-state index is 0. The molecule has 3 rings (SSSR count). The smallest absolute Gasteiger partial charge is 0.213 e. The van der Waals surface area contributed by atoms with Crippen LogP contribution in [-0.4, -0.2) is 39.9 Å². The SMILES string of the molecule is CCNC(=NCc1ccc(OC2CCCCC2)nc1)NCCCn1cccn1.I. The molecule has 7 nitrogen and oxygen atoms in total. The van der Waals surface area contributed by atoms with Gasteiger partial charge in [0.25, 0.3) is 0 Å². The lowest BCUT2D eigenvalue weighted by molar-refractivity contribution is 0.148. The van der Waals surface area contributed by atoms with Gasteiger partial charge in [0.05, 0.1) is 6.54 Å². The number of rotatable bonds is 9. The summed E-state index contributed by atoms with van der Waals surface area (Å²) >= 11 is 0. The van der Waals surface area contributed by atoms with Gasteiger partial charge in [-0.2, -0.15) is 5.10 Å². The van der Waals surface area contributed by atoms with E-state index in [4.69, 9.17) is 4.74 Å². The molecule has 0 saturated heterocycles. The summed E-state index contributed by atoms with van der Waals surface area (Å²) in [6.07, 6.45) is 13.1. The van der Waals surface area contributed by atoms with E-state index in [-0.39, 0.29) is 24.0 Å². The number of ether oxygens (including phenoxy) is 1. The number of guanidine groups is 1. The second-order valence-electron chi connectivity index (χ2n) is 7.13. The summed E-state index contributed by atoms with van der Waals surface area (Å²) in [5, 5.41) is 10.9. The number of hydrogen-bond donors (Lipinski definition) is 2. The van der Waals surface area contributed by atoms with E-state index in [1.807, 2.05) is 29.2 Å². The summed E-state index contributed by atoms with van der Waals surface area (Å²) in [7, 11) is 0. The molecule has 1 fully saturated rings. The zero-order chi connectivity index (χ0) is 19.4. The number of aliphatic imine (C=N–C) groups is 1. The Hall–Kier alpha value is -1.84. The summed E-state index contributed by atoms with van der Waals surface area (Å²) in [5.41, 5.74) is 1.07. The van der Waals surface area contributed by atoms with Gasteiger partial charge in [0, 0.05) is 44.3 Å². The van der Waals surface area contributed by atoms with Crippen molar-refractivity contribution in [1.29, 1.82) is 0 Å². The molecule has 0 unspecified atom stereocenters. The zero-order valence-electron chi connectivity index (χ0n) is 17.2. The minimum Gasteiger partial charge on any atom is -0.474 e. The second-order valence-corrected chi connectivity index (χ2v) is 7.13. The van der Waals surface area contributed by atoms with Gasteiger partial charge >= 0.3 is 0 Å². The molecule has 160 valence electrons. The molecule has 1 saturated carbocycles. The van der Waals surface area contributed by atoms with E-state index >= 15 is 0 Å². The van der Waals surface area contributed by atoms with Crippen LogP contribution in [0.5, 0.6) is 5.88 Å². The third-order valence-electron chi connectivity index (χ3n) is 4.82. The van der Waals surface area contributed by atoms with Crippen LogP contribution in [0, 0.1) is 0 Å². The van der Waals surface area contributed by atoms with Crippen LogP contribution >= 0.6 is 24.0 Å². The van der Waals surface area contributed by atoms with Crippen LogP contribution < -0.4 is 15.4 Å². The molecule has 0 amide bonds. The van der Waals surface area contributed by atoms with Crippen LogP contribution in [0.1, 0.15) is 51.0 Å². The van der Waals surface area contributed by atoms with Gasteiger partial charge in [0.1, 0.15) is 6.10 Å². The Morgan fingerprint density at radius 2 is 2.10 bits per heavy atom. The first-order valence-corrected chi connectivity index (χ1v) is 10.4. The van der Waals surface area contributed by atoms with Crippen molar-refractivity contribution < 1.29 is 4.74 Å². The quantitative estimate of drug-likeness (QED) is 0.232. The summed E-state index contributed by atoms with van der Waals surface area (Å²) in [6, 6.07) is 5.96. The number of nitrogens with zero attached hydrogens (tertiary/aromatic N) is 4. The van der Waals surface area contributed by atoms with E-state index in [1.165, 1.54) is 19.3 Å². The van der Waals surface area contributed by atoms with Crippen molar-refractivity contribution in [3.8, 4) is 5.88 Å². The van der Waals surface area contributed by atoms with Crippen molar-refractivity contribution in [2.45, 2.75) is 64.6 Å². The van der Waals surface area contributed by atoms with Crippen molar-refractivity contribution in [3.63, 3.8) is 0 Å². The lowest BCUT2D eigenvalue weighted by Crippen LogP contribution is -2.38. The maximum atomic E-state index is 5.99. The molecule has 2 N–H and O–H groups in total. The van der Waals surface area contributed by atoms with E-state index < -0.39 is 0 Å². The van der Waals surface area contributed by atoms with Gasteiger partial charge in [0.2, 0.25) is 5.88 Å². The fourth-order valence-electron chi connectivity index (χ4n) is 3.32. The molecule has 0 aliphatic heterocycles. The Balaban J connectivity index is 0.00000300. The summed E-state index contributed by atoms with van der Waals surface area (Å²) in [4.78, 5) is 9.11. The van der Waals surface area contributed by atoms with Crippen molar-refractivity contribution in [1.82, 2.24) is 25.4 Å². The first-order valence-electron chi connectivity index (χ1n) is 10.4. The molecule has 0 radical (unpaired) electrons. The molecular weight excluding hydrogens is 479 g/mol. The van der Waals surface area contributed by atoms with Crippen LogP contribution in [0.4, 0.5) is 0 Å². The van der Waals surface area contributed by atoms with Crippen LogP contribution in [0.3, 0.4) is 0 Å². The van der Waals surface area contributed by atoms with Gasteiger partial charge in [-0.3, -0.25) is 4.68 Å². The molecule has 2 aromatic heterocycles. The van der Waals surface area contributed by atoms with Crippen LogP contribution in [-0.2, 0) is 13.1 Å². The third-order valence-corrected chi connectivity index (χ3v) is 4.82. The van der Waals surface area contributed by atoms with E-state index in [9.17, 15) is 0 Å². The van der Waals surface area contributed by atoms with E-state index in [0.717, 1.165) is 56.3 Å². The highest BCUT2D eigenvalue weighted by Crippen LogP contribution is 2.22. The molecule has 1 aliphatic rings. The molecule has 29 heavy (non-hydrogen) atoms. The number of pyridine rings is 1. The standard InChI is InChI=1S/C21H32N6O.HI/c1-2-22-21(23-12-6-14-27-15-7-13-26-27)25-17-18-10-11-20(24-16-18)28-19-8-4-3-5-9-19;/h7,10-11,13,15-16,19H,2-6,8-9,12,14,17H2,1H3,(H2,22,23,25);1H. The molecular formula is C21H33IN6O. The first kappa shape index (κ1) is 23.4. The molecule has 2 aromatic rings. The second kappa shape index (κ2) is 13.4. The fraction of sp³-hybridized carbons (Fsp3) is 0.571. The molecule has 0 atom stereocenters. The van der Waals surface area contributed by atoms with Crippen molar-refractivity contribution in [2.24, 2.45) is 4.99 Å². The Morgan fingerprint density at radius 3 is 2.79 bits per heavy atom. The van der Waals surface area contributed by atoms with Crippen LogP contribution in [0.15, 0.2) is 41.8 Å². The molecule has 8 heteroatoms. The van der Waals surface area contributed by atoms with Crippen LogP contribution in [0.25, 0.3) is 0 Å². The third kappa shape index (κ3) is 8.59. The number of aryl methyl sites for hydroxylation is 1. The molecule has 0 aromatic carbocycles. The Morgan fingerprint density at radius 1 is 1.24 bits per heavy atom. The lowest BCUT2D eigenvalue weighted by Gasteiger charge is -2.22. The van der Waals surface area contributed by atoms with Gasteiger partial charge in [0.15, 0.2) is 5.96 Å². The summed E-state index contributed by atoms with van der Waals surface area (Å²) < 4.78 is 7.93. The molecule has 1 aliphatic carbocycles. The van der Waals surface area contributed by atoms with Gasteiger partial charge in [-0.1, -0.05) is 12.5 Å². The van der Waals surface area contributed by atoms with Gasteiger partial charge in [-0.15, -0.1) is 24.0 Å². The Kier molecular flexibility index (Phi) is 10.8. The predicted molar refractivity (Wildman–Crippen MR) is 127 cm³/mol. The van der Waals surface area contributed by atoms with Gasteiger partial charge < -0.3 is 15.4 Å². The normalized spacial score (nSPS) is 14.9. The Bertz CT molecular complexity index is 698.